The van der Waals surface area contributed by atoms with Crippen LogP contribution in [-0.4, -0.2) is 37.6 Å². The molecule has 0 spiro atoms. The normalized spacial score (nSPS) is 43.6. The maximum atomic E-state index is 5.96. The molecule has 0 N–H and O–H groups in total. The van der Waals surface area contributed by atoms with Gasteiger partial charge in [0.2, 0.25) is 0 Å². The molecule has 4 heteroatoms. The molecule has 3 aliphatic rings. The summed E-state index contributed by atoms with van der Waals surface area (Å²) in [4.78, 5) is 0. The molecule has 4 nitrogen and oxygen atoms in total. The van der Waals surface area contributed by atoms with Crippen LogP contribution in [0.4, 0.5) is 0 Å². The average molecular weight is 234 g/mol. The van der Waals surface area contributed by atoms with Crippen molar-refractivity contribution in [2.75, 3.05) is 13.2 Å². The predicted molar refractivity (Wildman–Crippen MR) is 58.4 cm³/mol. The van der Waals surface area contributed by atoms with Crippen molar-refractivity contribution in [3.8, 4) is 0 Å². The Hall–Kier alpha value is -0.940. The third-order valence-electron chi connectivity index (χ3n) is 3.55. The Morgan fingerprint density at radius 2 is 1.59 bits per heavy atom. The summed E-state index contributed by atoms with van der Waals surface area (Å²) in [5.74, 6) is 0. The van der Waals surface area contributed by atoms with Gasteiger partial charge in [0.25, 0.3) is 0 Å². The number of fused-ring (bicyclic) bond motifs is 3. The number of benzene rings is 1. The molecule has 17 heavy (non-hydrogen) atoms. The van der Waals surface area contributed by atoms with Crippen molar-refractivity contribution in [2.24, 2.45) is 0 Å². The van der Waals surface area contributed by atoms with Gasteiger partial charge in [0.15, 0.2) is 6.29 Å². The topological polar surface area (TPSA) is 40.2 Å². The van der Waals surface area contributed by atoms with Gasteiger partial charge in [-0.3, -0.25) is 0 Å². The monoisotopic (exact) mass is 234 g/mol. The summed E-state index contributed by atoms with van der Waals surface area (Å²) in [6.07, 6.45) is 0.213. The van der Waals surface area contributed by atoms with E-state index in [1.54, 1.807) is 0 Å². The standard InChI is InChI=1S/C13H14O4/c1-2-4-8(5-3-1)13-15-6-9-11(17-13)12-10(16-12)7-14-9/h1-5,9-13H,6-7H2/t9-,10-,11-,12+,13?/m1/s1. The maximum Gasteiger partial charge on any atom is 0.184 e. The summed E-state index contributed by atoms with van der Waals surface area (Å²) in [6, 6.07) is 9.99. The molecule has 3 saturated heterocycles. The molecule has 4 rings (SSSR count). The van der Waals surface area contributed by atoms with Gasteiger partial charge in [-0.25, -0.2) is 0 Å². The molecule has 90 valence electrons. The van der Waals surface area contributed by atoms with E-state index >= 15 is 0 Å². The highest BCUT2D eigenvalue weighted by Crippen LogP contribution is 2.40. The van der Waals surface area contributed by atoms with Gasteiger partial charge >= 0.3 is 0 Å². The molecule has 3 aliphatic heterocycles. The maximum absolute atomic E-state index is 5.96. The minimum atomic E-state index is -0.288. The first-order valence-corrected chi connectivity index (χ1v) is 6.01. The number of rotatable bonds is 1. The van der Waals surface area contributed by atoms with Crippen LogP contribution in [0, 0.1) is 0 Å². The van der Waals surface area contributed by atoms with Crippen molar-refractivity contribution >= 4 is 0 Å². The van der Waals surface area contributed by atoms with E-state index in [0.29, 0.717) is 13.2 Å². The van der Waals surface area contributed by atoms with Gasteiger partial charge in [0.05, 0.1) is 13.2 Å². The number of epoxide rings is 1. The molecule has 3 heterocycles. The molecule has 0 aromatic heterocycles. The third-order valence-corrected chi connectivity index (χ3v) is 3.55. The van der Waals surface area contributed by atoms with Crippen LogP contribution in [-0.2, 0) is 18.9 Å². The van der Waals surface area contributed by atoms with Crippen LogP contribution in [0.1, 0.15) is 11.9 Å². The highest BCUT2D eigenvalue weighted by Gasteiger charge is 2.55. The highest BCUT2D eigenvalue weighted by atomic mass is 16.7. The van der Waals surface area contributed by atoms with Crippen LogP contribution in [0.15, 0.2) is 30.3 Å². The van der Waals surface area contributed by atoms with Gasteiger partial charge in [-0.1, -0.05) is 30.3 Å². The fourth-order valence-corrected chi connectivity index (χ4v) is 2.56. The lowest BCUT2D eigenvalue weighted by Crippen LogP contribution is -2.49. The molecule has 0 saturated carbocycles. The number of hydrogen-bond acceptors (Lipinski definition) is 4. The first-order chi connectivity index (χ1) is 8.42. The minimum absolute atomic E-state index is 0.0210. The highest BCUT2D eigenvalue weighted by molar-refractivity contribution is 5.17. The fourth-order valence-electron chi connectivity index (χ4n) is 2.56. The smallest absolute Gasteiger partial charge is 0.184 e. The zero-order valence-electron chi connectivity index (χ0n) is 9.32. The molecule has 0 radical (unpaired) electrons. The Bertz CT molecular complexity index is 407. The van der Waals surface area contributed by atoms with E-state index in [1.807, 2.05) is 30.3 Å². The molecule has 3 fully saturated rings. The lowest BCUT2D eigenvalue weighted by Gasteiger charge is -2.37. The summed E-state index contributed by atoms with van der Waals surface area (Å²) in [5.41, 5.74) is 1.05. The zero-order chi connectivity index (χ0) is 11.2. The van der Waals surface area contributed by atoms with Gasteiger partial charge in [0, 0.05) is 5.56 Å². The van der Waals surface area contributed by atoms with Crippen LogP contribution >= 0.6 is 0 Å². The predicted octanol–water partition coefficient (Wildman–Crippen LogP) is 1.27. The van der Waals surface area contributed by atoms with Crippen molar-refractivity contribution in [2.45, 2.75) is 30.7 Å². The number of ether oxygens (including phenoxy) is 4. The Balaban J connectivity index is 1.53. The molecule has 1 aromatic rings. The van der Waals surface area contributed by atoms with Gasteiger partial charge in [-0.05, 0) is 0 Å². The van der Waals surface area contributed by atoms with Gasteiger partial charge in [0.1, 0.15) is 24.4 Å². The van der Waals surface area contributed by atoms with E-state index in [9.17, 15) is 0 Å². The van der Waals surface area contributed by atoms with E-state index in [4.69, 9.17) is 18.9 Å². The molecule has 0 bridgehead atoms. The Kier molecular flexibility index (Phi) is 2.23. The minimum Gasteiger partial charge on any atom is -0.370 e. The van der Waals surface area contributed by atoms with Crippen LogP contribution in [0.2, 0.25) is 0 Å². The van der Waals surface area contributed by atoms with E-state index in [-0.39, 0.29) is 30.7 Å². The van der Waals surface area contributed by atoms with Crippen LogP contribution < -0.4 is 0 Å². The van der Waals surface area contributed by atoms with E-state index in [1.165, 1.54) is 0 Å². The van der Waals surface area contributed by atoms with Gasteiger partial charge < -0.3 is 18.9 Å². The molecule has 0 amide bonds. The summed E-state index contributed by atoms with van der Waals surface area (Å²) in [7, 11) is 0. The quantitative estimate of drug-likeness (QED) is 0.686. The fraction of sp³-hybridized carbons (Fsp3) is 0.538. The molecule has 1 aromatic carbocycles. The summed E-state index contributed by atoms with van der Waals surface area (Å²) < 4.78 is 22.8. The second-order valence-corrected chi connectivity index (χ2v) is 4.69. The van der Waals surface area contributed by atoms with Crippen molar-refractivity contribution in [1.29, 1.82) is 0 Å². The van der Waals surface area contributed by atoms with E-state index < -0.39 is 0 Å². The third kappa shape index (κ3) is 1.68. The second-order valence-electron chi connectivity index (χ2n) is 4.69. The largest absolute Gasteiger partial charge is 0.370 e. The second kappa shape index (κ2) is 3.78. The van der Waals surface area contributed by atoms with Crippen LogP contribution in [0.5, 0.6) is 0 Å². The first kappa shape index (κ1) is 10.0. The van der Waals surface area contributed by atoms with Crippen molar-refractivity contribution in [3.63, 3.8) is 0 Å². The molecular formula is C13H14O4. The summed E-state index contributed by atoms with van der Waals surface area (Å²) in [6.45, 7) is 1.26. The summed E-state index contributed by atoms with van der Waals surface area (Å²) >= 11 is 0. The lowest BCUT2D eigenvalue weighted by molar-refractivity contribution is -0.273. The van der Waals surface area contributed by atoms with Gasteiger partial charge in [-0.15, -0.1) is 0 Å². The van der Waals surface area contributed by atoms with Crippen LogP contribution in [0.3, 0.4) is 0 Å². The van der Waals surface area contributed by atoms with Crippen LogP contribution in [0.25, 0.3) is 0 Å². The first-order valence-electron chi connectivity index (χ1n) is 6.01. The Morgan fingerprint density at radius 3 is 2.47 bits per heavy atom. The molecule has 1 unspecified atom stereocenters. The molecular weight excluding hydrogens is 220 g/mol. The van der Waals surface area contributed by atoms with Crippen molar-refractivity contribution < 1.29 is 18.9 Å². The van der Waals surface area contributed by atoms with Gasteiger partial charge in [-0.2, -0.15) is 0 Å². The Labute approximate surface area is 99.4 Å². The van der Waals surface area contributed by atoms with Crippen molar-refractivity contribution in [3.05, 3.63) is 35.9 Å². The zero-order valence-corrected chi connectivity index (χ0v) is 9.32. The average Bonchev–Trinajstić information content (AvgIpc) is 3.19. The van der Waals surface area contributed by atoms with Crippen molar-refractivity contribution in [1.82, 2.24) is 0 Å². The summed E-state index contributed by atoms with van der Waals surface area (Å²) in [5, 5.41) is 0. The lowest BCUT2D eigenvalue weighted by atomic mass is 10.0. The Morgan fingerprint density at radius 1 is 0.824 bits per heavy atom. The molecule has 5 atom stereocenters. The van der Waals surface area contributed by atoms with E-state index in [2.05, 4.69) is 0 Å². The SMILES string of the molecule is c1ccc(C2OC[C@H]3OC[C@H]4O[C@@H]4[C@@H]3O2)cc1. The van der Waals surface area contributed by atoms with E-state index in [0.717, 1.165) is 5.56 Å². The number of hydrogen-bond donors (Lipinski definition) is 0. The molecule has 0 aliphatic carbocycles.